The van der Waals surface area contributed by atoms with E-state index < -0.39 is 0 Å². The fourth-order valence-electron chi connectivity index (χ4n) is 7.39. The van der Waals surface area contributed by atoms with E-state index in [9.17, 15) is 4.79 Å². The average Bonchev–Trinajstić information content (AvgIpc) is 3.42. The van der Waals surface area contributed by atoms with Crippen LogP contribution in [0.25, 0.3) is 0 Å². The second-order valence-electron chi connectivity index (χ2n) is 9.41. The number of nitrogens with zero attached hydrogens (tertiary/aromatic N) is 1. The highest BCUT2D eigenvalue weighted by molar-refractivity contribution is 5.75. The maximum Gasteiger partial charge on any atom is 0.318 e. The van der Waals surface area contributed by atoms with Crippen molar-refractivity contribution >= 4 is 6.03 Å². The van der Waals surface area contributed by atoms with Gasteiger partial charge in [-0.1, -0.05) is 12.8 Å². The van der Waals surface area contributed by atoms with E-state index in [0.717, 1.165) is 43.1 Å². The van der Waals surface area contributed by atoms with Crippen LogP contribution in [0, 0.1) is 29.6 Å². The number of hydrogen-bond donors (Lipinski definition) is 1. The fourth-order valence-corrected chi connectivity index (χ4v) is 7.39. The normalized spacial score (nSPS) is 47.3. The van der Waals surface area contributed by atoms with E-state index in [-0.39, 0.29) is 18.2 Å². The zero-order valence-corrected chi connectivity index (χ0v) is 16.1. The Hall–Kier alpha value is -0.810. The average molecular weight is 363 g/mol. The molecule has 5 rings (SSSR count). The molecule has 1 N–H and O–H groups in total. The Kier molecular flexibility index (Phi) is 4.64. The molecule has 0 spiro atoms. The zero-order chi connectivity index (χ0) is 17.7. The van der Waals surface area contributed by atoms with Crippen LogP contribution in [-0.2, 0) is 9.47 Å². The molecular weight excluding hydrogens is 328 g/mol. The van der Waals surface area contributed by atoms with Gasteiger partial charge in [0.1, 0.15) is 0 Å². The maximum absolute atomic E-state index is 13.2. The first-order valence-electron chi connectivity index (χ1n) is 10.9. The Morgan fingerprint density at radius 3 is 2.73 bits per heavy atom. The second kappa shape index (κ2) is 6.97. The van der Waals surface area contributed by atoms with E-state index in [1.54, 1.807) is 0 Å². The molecule has 2 amide bonds. The van der Waals surface area contributed by atoms with Gasteiger partial charge in [0.05, 0.1) is 25.4 Å². The minimum atomic E-state index is 0.159. The van der Waals surface area contributed by atoms with Crippen molar-refractivity contribution in [3.63, 3.8) is 0 Å². The smallest absolute Gasteiger partial charge is 0.318 e. The van der Waals surface area contributed by atoms with Gasteiger partial charge in [-0.2, -0.15) is 0 Å². The standard InChI is InChI=1S/C21H34N2O3/c1-25-20-7-3-6-16(20)19-12-26-9-8-23(19)21(24)22-18-11-13-10-17(18)15-5-2-4-14(13)15/h13-20H,2-12H2,1H3,(H,22,24). The first-order valence-corrected chi connectivity index (χ1v) is 10.9. The molecule has 8 atom stereocenters. The molecule has 5 aliphatic rings. The number of carbonyl (C=O) groups excluding carboxylic acids is 1. The highest BCUT2D eigenvalue weighted by atomic mass is 16.5. The molecule has 5 heteroatoms. The van der Waals surface area contributed by atoms with Gasteiger partial charge in [-0.25, -0.2) is 4.79 Å². The molecule has 146 valence electrons. The van der Waals surface area contributed by atoms with Gasteiger partial charge in [0.2, 0.25) is 0 Å². The van der Waals surface area contributed by atoms with Gasteiger partial charge in [0.15, 0.2) is 0 Å². The summed E-state index contributed by atoms with van der Waals surface area (Å²) < 4.78 is 11.5. The third kappa shape index (κ3) is 2.77. The van der Waals surface area contributed by atoms with Gasteiger partial charge >= 0.3 is 6.03 Å². The highest BCUT2D eigenvalue weighted by Gasteiger charge is 2.54. The second-order valence-corrected chi connectivity index (χ2v) is 9.41. The van der Waals surface area contributed by atoms with Crippen LogP contribution in [0.5, 0.6) is 0 Å². The Labute approximate surface area is 157 Å². The molecule has 0 aromatic heterocycles. The van der Waals surface area contributed by atoms with Crippen LogP contribution in [0.15, 0.2) is 0 Å². The van der Waals surface area contributed by atoms with Gasteiger partial charge in [0.25, 0.3) is 0 Å². The van der Waals surface area contributed by atoms with Crippen molar-refractivity contribution < 1.29 is 14.3 Å². The van der Waals surface area contributed by atoms with Crippen molar-refractivity contribution in [3.8, 4) is 0 Å². The lowest BCUT2D eigenvalue weighted by atomic mass is 9.79. The Morgan fingerprint density at radius 1 is 1.04 bits per heavy atom. The van der Waals surface area contributed by atoms with E-state index in [2.05, 4.69) is 10.2 Å². The molecule has 4 aliphatic carbocycles. The molecule has 0 aromatic carbocycles. The molecule has 2 bridgehead atoms. The predicted octanol–water partition coefficient (Wildman–Crippen LogP) is 3.04. The minimum absolute atomic E-state index is 0.159. The molecular formula is C21H34N2O3. The van der Waals surface area contributed by atoms with Gasteiger partial charge in [-0.05, 0) is 62.2 Å². The molecule has 1 aliphatic heterocycles. The fraction of sp³-hybridized carbons (Fsp3) is 0.952. The molecule has 4 saturated carbocycles. The first-order chi connectivity index (χ1) is 12.8. The van der Waals surface area contributed by atoms with Crippen LogP contribution in [-0.4, -0.2) is 56.0 Å². The lowest BCUT2D eigenvalue weighted by molar-refractivity contribution is -0.0406. The number of morpholine rings is 1. The molecule has 26 heavy (non-hydrogen) atoms. The molecule has 0 radical (unpaired) electrons. The van der Waals surface area contributed by atoms with Gasteiger partial charge in [-0.15, -0.1) is 0 Å². The number of methoxy groups -OCH3 is 1. The SMILES string of the molecule is COC1CCCC1C1COCCN1C(=O)NC1CC2CC1C1CCCC21. The zero-order valence-electron chi connectivity index (χ0n) is 16.1. The molecule has 0 aromatic rings. The predicted molar refractivity (Wildman–Crippen MR) is 98.8 cm³/mol. The van der Waals surface area contributed by atoms with Crippen LogP contribution >= 0.6 is 0 Å². The first kappa shape index (κ1) is 17.3. The Morgan fingerprint density at radius 2 is 1.85 bits per heavy atom. The summed E-state index contributed by atoms with van der Waals surface area (Å²) >= 11 is 0. The molecule has 1 saturated heterocycles. The van der Waals surface area contributed by atoms with E-state index in [1.807, 2.05) is 7.11 Å². The number of amides is 2. The Balaban J connectivity index is 1.25. The molecule has 5 nitrogen and oxygen atoms in total. The van der Waals surface area contributed by atoms with Crippen molar-refractivity contribution in [2.75, 3.05) is 26.9 Å². The summed E-state index contributed by atoms with van der Waals surface area (Å²) in [6.45, 7) is 2.05. The monoisotopic (exact) mass is 362 g/mol. The number of nitrogens with one attached hydrogen (secondary N) is 1. The number of ether oxygens (including phenoxy) is 2. The summed E-state index contributed by atoms with van der Waals surface area (Å²) in [5.74, 6) is 3.92. The number of fused-ring (bicyclic) bond motifs is 5. The third-order valence-electron chi connectivity index (χ3n) is 8.46. The van der Waals surface area contributed by atoms with Crippen LogP contribution in [0.2, 0.25) is 0 Å². The summed E-state index contributed by atoms with van der Waals surface area (Å²) in [5, 5.41) is 3.47. The van der Waals surface area contributed by atoms with Crippen molar-refractivity contribution in [3.05, 3.63) is 0 Å². The van der Waals surface area contributed by atoms with Crippen molar-refractivity contribution in [2.24, 2.45) is 29.6 Å². The van der Waals surface area contributed by atoms with Crippen molar-refractivity contribution in [1.29, 1.82) is 0 Å². The molecule has 1 heterocycles. The van der Waals surface area contributed by atoms with E-state index in [1.165, 1.54) is 38.5 Å². The summed E-state index contributed by atoms with van der Waals surface area (Å²) in [6.07, 6.45) is 10.6. The summed E-state index contributed by atoms with van der Waals surface area (Å²) in [5.41, 5.74) is 0. The number of urea groups is 1. The number of carbonyl (C=O) groups is 1. The lowest BCUT2D eigenvalue weighted by Gasteiger charge is -2.42. The Bertz CT molecular complexity index is 541. The van der Waals surface area contributed by atoms with Crippen molar-refractivity contribution in [2.45, 2.75) is 69.6 Å². The van der Waals surface area contributed by atoms with Crippen LogP contribution in [0.4, 0.5) is 4.79 Å². The molecule has 8 unspecified atom stereocenters. The number of hydrogen-bond acceptors (Lipinski definition) is 3. The maximum atomic E-state index is 13.2. The van der Waals surface area contributed by atoms with Crippen molar-refractivity contribution in [1.82, 2.24) is 10.2 Å². The van der Waals surface area contributed by atoms with Gasteiger partial charge < -0.3 is 19.7 Å². The molecule has 5 fully saturated rings. The van der Waals surface area contributed by atoms with E-state index in [0.29, 0.717) is 25.2 Å². The summed E-state index contributed by atoms with van der Waals surface area (Å²) in [7, 11) is 1.81. The lowest BCUT2D eigenvalue weighted by Crippen LogP contribution is -2.58. The van der Waals surface area contributed by atoms with Crippen LogP contribution in [0.3, 0.4) is 0 Å². The number of rotatable bonds is 3. The topological polar surface area (TPSA) is 50.8 Å². The van der Waals surface area contributed by atoms with E-state index >= 15 is 0 Å². The van der Waals surface area contributed by atoms with Crippen LogP contribution < -0.4 is 5.32 Å². The summed E-state index contributed by atoms with van der Waals surface area (Å²) in [6, 6.07) is 0.748. The minimum Gasteiger partial charge on any atom is -0.381 e. The summed E-state index contributed by atoms with van der Waals surface area (Å²) in [4.78, 5) is 15.3. The largest absolute Gasteiger partial charge is 0.381 e. The van der Waals surface area contributed by atoms with Gasteiger partial charge in [-0.3, -0.25) is 0 Å². The van der Waals surface area contributed by atoms with E-state index in [4.69, 9.17) is 9.47 Å². The third-order valence-corrected chi connectivity index (χ3v) is 8.46. The van der Waals surface area contributed by atoms with Crippen LogP contribution in [0.1, 0.15) is 51.4 Å². The van der Waals surface area contributed by atoms with Gasteiger partial charge in [0, 0.05) is 25.6 Å². The highest BCUT2D eigenvalue weighted by Crippen LogP contribution is 2.58. The quantitative estimate of drug-likeness (QED) is 0.840.